The molecule has 0 saturated heterocycles. The van der Waals surface area contributed by atoms with Gasteiger partial charge in [-0.15, -0.1) is 0 Å². The van der Waals surface area contributed by atoms with Gasteiger partial charge < -0.3 is 16.3 Å². The van der Waals surface area contributed by atoms with Gasteiger partial charge in [0, 0.05) is 12.3 Å². The van der Waals surface area contributed by atoms with E-state index in [0.717, 1.165) is 6.26 Å². The highest BCUT2D eigenvalue weighted by atomic mass is 32.2. The molecule has 1 unspecified atom stereocenters. The van der Waals surface area contributed by atoms with Crippen molar-refractivity contribution in [3.8, 4) is 0 Å². The van der Waals surface area contributed by atoms with E-state index in [-0.39, 0.29) is 11.6 Å². The third-order valence-electron chi connectivity index (χ3n) is 3.17. The molecule has 0 aromatic rings. The molecule has 112 valence electrons. The fraction of sp³-hybridized carbons (Fsp3) is 0.818. The first-order valence-corrected chi connectivity index (χ1v) is 8.15. The van der Waals surface area contributed by atoms with Crippen molar-refractivity contribution in [1.29, 1.82) is 0 Å². The monoisotopic (exact) mass is 293 g/mol. The molecule has 0 fully saturated rings. The van der Waals surface area contributed by atoms with E-state index in [9.17, 15) is 13.2 Å². The molecule has 0 radical (unpaired) electrons. The number of oxime groups is 1. The van der Waals surface area contributed by atoms with Crippen LogP contribution in [0, 0.1) is 5.41 Å². The maximum atomic E-state index is 12.2. The summed E-state index contributed by atoms with van der Waals surface area (Å²) in [5.41, 5.74) is 4.49. The zero-order valence-electron chi connectivity index (χ0n) is 11.8. The van der Waals surface area contributed by atoms with Gasteiger partial charge in [-0.05, 0) is 19.8 Å². The standard InChI is InChI=1S/C11H23N3O4S/c1-5-11(6-2,9(12)14-16)10(15)13-8(3)7-19(4,17)18/h8,16H,5-7H2,1-4H3,(H2,12,14)(H,13,15). The van der Waals surface area contributed by atoms with Crippen LogP contribution in [0.3, 0.4) is 0 Å². The molecule has 0 heterocycles. The van der Waals surface area contributed by atoms with E-state index in [1.165, 1.54) is 0 Å². The van der Waals surface area contributed by atoms with Gasteiger partial charge in [0.15, 0.2) is 5.84 Å². The lowest BCUT2D eigenvalue weighted by Crippen LogP contribution is -2.52. The zero-order valence-corrected chi connectivity index (χ0v) is 12.6. The highest BCUT2D eigenvalue weighted by Gasteiger charge is 2.40. The van der Waals surface area contributed by atoms with Crippen molar-refractivity contribution in [2.24, 2.45) is 16.3 Å². The fourth-order valence-corrected chi connectivity index (χ4v) is 2.99. The molecule has 0 aromatic heterocycles. The van der Waals surface area contributed by atoms with Crippen LogP contribution in [0.15, 0.2) is 5.16 Å². The van der Waals surface area contributed by atoms with Crippen LogP contribution < -0.4 is 11.1 Å². The summed E-state index contributed by atoms with van der Waals surface area (Å²) in [4.78, 5) is 12.2. The van der Waals surface area contributed by atoms with E-state index in [1.54, 1.807) is 20.8 Å². The van der Waals surface area contributed by atoms with Crippen molar-refractivity contribution >= 4 is 21.6 Å². The van der Waals surface area contributed by atoms with Crippen molar-refractivity contribution < 1.29 is 18.4 Å². The number of nitrogens with one attached hydrogen (secondary N) is 1. The Hall–Kier alpha value is -1.31. The first-order valence-electron chi connectivity index (χ1n) is 6.09. The number of amides is 1. The van der Waals surface area contributed by atoms with E-state index in [0.29, 0.717) is 12.8 Å². The lowest BCUT2D eigenvalue weighted by Gasteiger charge is -2.30. The van der Waals surface area contributed by atoms with Crippen molar-refractivity contribution in [2.45, 2.75) is 39.7 Å². The quantitative estimate of drug-likeness (QED) is 0.266. The van der Waals surface area contributed by atoms with Crippen molar-refractivity contribution in [1.82, 2.24) is 5.32 Å². The largest absolute Gasteiger partial charge is 0.409 e. The second kappa shape index (κ2) is 6.74. The van der Waals surface area contributed by atoms with Crippen LogP contribution in [-0.2, 0) is 14.6 Å². The van der Waals surface area contributed by atoms with Crippen LogP contribution in [0.4, 0.5) is 0 Å². The van der Waals surface area contributed by atoms with Crippen LogP contribution in [0.2, 0.25) is 0 Å². The number of rotatable bonds is 7. The van der Waals surface area contributed by atoms with Gasteiger partial charge in [0.1, 0.15) is 15.3 Å². The average Bonchev–Trinajstić information content (AvgIpc) is 2.28. The minimum absolute atomic E-state index is 0.154. The van der Waals surface area contributed by atoms with Gasteiger partial charge in [-0.2, -0.15) is 0 Å². The van der Waals surface area contributed by atoms with Crippen LogP contribution in [-0.4, -0.2) is 43.4 Å². The van der Waals surface area contributed by atoms with Crippen LogP contribution in [0.1, 0.15) is 33.6 Å². The van der Waals surface area contributed by atoms with Gasteiger partial charge in [-0.25, -0.2) is 8.42 Å². The molecule has 0 aromatic carbocycles. The van der Waals surface area contributed by atoms with Gasteiger partial charge in [0.05, 0.1) is 5.75 Å². The number of hydrogen-bond acceptors (Lipinski definition) is 5. The van der Waals surface area contributed by atoms with Gasteiger partial charge in [-0.1, -0.05) is 19.0 Å². The lowest BCUT2D eigenvalue weighted by molar-refractivity contribution is -0.128. The normalized spacial score (nSPS) is 15.1. The maximum Gasteiger partial charge on any atom is 0.234 e. The molecule has 0 spiro atoms. The summed E-state index contributed by atoms with van der Waals surface area (Å²) in [6.45, 7) is 5.10. The molecule has 0 aliphatic carbocycles. The second-order valence-corrected chi connectivity index (χ2v) is 6.93. The predicted molar refractivity (Wildman–Crippen MR) is 73.7 cm³/mol. The van der Waals surface area contributed by atoms with Gasteiger partial charge in [0.25, 0.3) is 0 Å². The Morgan fingerprint density at radius 3 is 2.21 bits per heavy atom. The average molecular weight is 293 g/mol. The Kier molecular flexibility index (Phi) is 6.28. The summed E-state index contributed by atoms with van der Waals surface area (Å²) in [6.07, 6.45) is 1.82. The van der Waals surface area contributed by atoms with Gasteiger partial charge in [-0.3, -0.25) is 4.79 Å². The molecule has 1 atom stereocenters. The summed E-state index contributed by atoms with van der Waals surface area (Å²) in [7, 11) is -3.18. The molecule has 0 aliphatic heterocycles. The van der Waals surface area contributed by atoms with E-state index in [4.69, 9.17) is 10.9 Å². The van der Waals surface area contributed by atoms with E-state index in [1.807, 2.05) is 0 Å². The second-order valence-electron chi connectivity index (χ2n) is 4.74. The number of carbonyl (C=O) groups is 1. The van der Waals surface area contributed by atoms with E-state index in [2.05, 4.69) is 10.5 Å². The highest BCUT2D eigenvalue weighted by Crippen LogP contribution is 2.27. The molecule has 1 amide bonds. The zero-order chi connectivity index (χ0) is 15.3. The number of nitrogens with two attached hydrogens (primary N) is 1. The van der Waals surface area contributed by atoms with Gasteiger partial charge in [0.2, 0.25) is 5.91 Å². The topological polar surface area (TPSA) is 122 Å². The number of amidine groups is 1. The van der Waals surface area contributed by atoms with Crippen LogP contribution in [0.25, 0.3) is 0 Å². The summed E-state index contributed by atoms with van der Waals surface area (Å²) in [5, 5.41) is 14.3. The summed E-state index contributed by atoms with van der Waals surface area (Å²) >= 11 is 0. The molecule has 0 aliphatic rings. The maximum absolute atomic E-state index is 12.2. The first-order chi connectivity index (χ1) is 8.62. The molecule has 0 bridgehead atoms. The molecule has 0 saturated carbocycles. The summed E-state index contributed by atoms with van der Waals surface area (Å²) < 4.78 is 22.3. The molecule has 8 heteroatoms. The first kappa shape index (κ1) is 17.7. The third-order valence-corrected chi connectivity index (χ3v) is 4.28. The molecular formula is C11H23N3O4S. The van der Waals surface area contributed by atoms with E-state index >= 15 is 0 Å². The van der Waals surface area contributed by atoms with Crippen molar-refractivity contribution in [3.05, 3.63) is 0 Å². The molecule has 19 heavy (non-hydrogen) atoms. The molecule has 7 nitrogen and oxygen atoms in total. The van der Waals surface area contributed by atoms with E-state index < -0.39 is 27.2 Å². The third kappa shape index (κ3) is 4.70. The van der Waals surface area contributed by atoms with Crippen LogP contribution in [0.5, 0.6) is 0 Å². The smallest absolute Gasteiger partial charge is 0.234 e. The minimum Gasteiger partial charge on any atom is -0.409 e. The Morgan fingerprint density at radius 1 is 1.42 bits per heavy atom. The SMILES string of the molecule is CCC(CC)(C(=O)NC(C)CS(C)(=O)=O)C(N)=NO. The summed E-state index contributed by atoms with van der Waals surface area (Å²) in [5.74, 6) is -0.746. The molecular weight excluding hydrogens is 270 g/mol. The summed E-state index contributed by atoms with van der Waals surface area (Å²) in [6, 6.07) is -0.536. The minimum atomic E-state index is -3.18. The number of nitrogens with zero attached hydrogens (tertiary/aromatic N) is 1. The highest BCUT2D eigenvalue weighted by molar-refractivity contribution is 7.90. The Balaban J connectivity index is 5.05. The number of hydrogen-bond donors (Lipinski definition) is 3. The van der Waals surface area contributed by atoms with Crippen LogP contribution >= 0.6 is 0 Å². The fourth-order valence-electron chi connectivity index (χ4n) is 2.00. The lowest BCUT2D eigenvalue weighted by atomic mass is 9.80. The van der Waals surface area contributed by atoms with Gasteiger partial charge >= 0.3 is 0 Å². The number of carbonyl (C=O) groups excluding carboxylic acids is 1. The van der Waals surface area contributed by atoms with Crippen molar-refractivity contribution in [3.63, 3.8) is 0 Å². The Labute approximate surface area is 114 Å². The molecule has 0 rings (SSSR count). The Morgan fingerprint density at radius 2 is 1.89 bits per heavy atom. The molecule has 4 N–H and O–H groups in total. The predicted octanol–water partition coefficient (Wildman–Crippen LogP) is 0.0885. The van der Waals surface area contributed by atoms with Crippen molar-refractivity contribution in [2.75, 3.05) is 12.0 Å². The number of sulfone groups is 1. The Bertz CT molecular complexity index is 441.